The van der Waals surface area contributed by atoms with Crippen molar-refractivity contribution in [3.05, 3.63) is 0 Å². The van der Waals surface area contributed by atoms with Crippen molar-refractivity contribution in [1.29, 1.82) is 0 Å². The third-order valence-electron chi connectivity index (χ3n) is 3.88. The molecule has 4 heteroatoms. The quantitative estimate of drug-likeness (QED) is 0.789. The second kappa shape index (κ2) is 6.97. The summed E-state index contributed by atoms with van der Waals surface area (Å²) in [6.45, 7) is 3.32. The summed E-state index contributed by atoms with van der Waals surface area (Å²) in [6, 6.07) is 0.144. The molecular formula is C13H26N2O2. The highest BCUT2D eigenvalue weighted by molar-refractivity contribution is 5.79. The Kier molecular flexibility index (Phi) is 5.92. The largest absolute Gasteiger partial charge is 0.383 e. The van der Waals surface area contributed by atoms with Crippen LogP contribution in [0.4, 0.5) is 0 Å². The Morgan fingerprint density at radius 2 is 2.24 bits per heavy atom. The van der Waals surface area contributed by atoms with E-state index in [1.165, 1.54) is 6.42 Å². The first-order valence-corrected chi connectivity index (χ1v) is 6.55. The number of carbonyl (C=O) groups is 1. The number of hydrogen-bond donors (Lipinski definition) is 1. The van der Waals surface area contributed by atoms with Crippen molar-refractivity contribution in [2.75, 3.05) is 27.3 Å². The highest BCUT2D eigenvalue weighted by atomic mass is 16.5. The van der Waals surface area contributed by atoms with Gasteiger partial charge in [-0.1, -0.05) is 6.42 Å². The van der Waals surface area contributed by atoms with E-state index in [0.29, 0.717) is 19.1 Å². The maximum Gasteiger partial charge on any atom is 0.225 e. The maximum absolute atomic E-state index is 12.3. The summed E-state index contributed by atoms with van der Waals surface area (Å²) in [7, 11) is 3.54. The number of amides is 1. The second-order valence-corrected chi connectivity index (χ2v) is 5.22. The minimum Gasteiger partial charge on any atom is -0.383 e. The van der Waals surface area contributed by atoms with E-state index in [0.717, 1.165) is 19.3 Å². The van der Waals surface area contributed by atoms with Crippen LogP contribution >= 0.6 is 0 Å². The fraction of sp³-hybridized carbons (Fsp3) is 0.923. The number of ether oxygens (including phenoxy) is 1. The van der Waals surface area contributed by atoms with Crippen LogP contribution in [0.3, 0.4) is 0 Å². The molecule has 0 aliphatic heterocycles. The molecule has 0 saturated heterocycles. The van der Waals surface area contributed by atoms with Crippen LogP contribution in [-0.4, -0.2) is 44.2 Å². The van der Waals surface area contributed by atoms with E-state index in [2.05, 4.69) is 0 Å². The monoisotopic (exact) mass is 242 g/mol. The summed E-state index contributed by atoms with van der Waals surface area (Å²) in [4.78, 5) is 14.1. The molecule has 2 N–H and O–H groups in total. The molecule has 1 amide bonds. The van der Waals surface area contributed by atoms with Gasteiger partial charge in [0.1, 0.15) is 0 Å². The first kappa shape index (κ1) is 14.5. The van der Waals surface area contributed by atoms with E-state index >= 15 is 0 Å². The van der Waals surface area contributed by atoms with Gasteiger partial charge in [-0.2, -0.15) is 0 Å². The molecule has 17 heavy (non-hydrogen) atoms. The average molecular weight is 242 g/mol. The number of nitrogens with two attached hydrogens (primary N) is 1. The Hall–Kier alpha value is -0.610. The smallest absolute Gasteiger partial charge is 0.225 e. The lowest BCUT2D eigenvalue weighted by molar-refractivity contribution is -0.138. The molecule has 4 nitrogen and oxygen atoms in total. The molecule has 0 aromatic carbocycles. The number of carbonyl (C=O) groups excluding carboxylic acids is 1. The fourth-order valence-electron chi connectivity index (χ4n) is 2.59. The van der Waals surface area contributed by atoms with Crippen LogP contribution in [0.25, 0.3) is 0 Å². The van der Waals surface area contributed by atoms with Crippen molar-refractivity contribution >= 4 is 5.91 Å². The summed E-state index contributed by atoms with van der Waals surface area (Å²) >= 11 is 0. The molecule has 3 unspecified atom stereocenters. The summed E-state index contributed by atoms with van der Waals surface area (Å²) in [5.41, 5.74) is 5.70. The SMILES string of the molecule is COCC(C)N(C)C(=O)C1CCCC(CN)C1. The summed E-state index contributed by atoms with van der Waals surface area (Å²) in [5.74, 6) is 0.957. The molecule has 0 heterocycles. The molecular weight excluding hydrogens is 216 g/mol. The standard InChI is InChI=1S/C13H26N2O2/c1-10(9-17-3)15(2)13(16)12-6-4-5-11(7-12)8-14/h10-12H,4-9,14H2,1-3H3. The number of methoxy groups -OCH3 is 1. The van der Waals surface area contributed by atoms with Gasteiger partial charge in [0, 0.05) is 20.1 Å². The van der Waals surface area contributed by atoms with Gasteiger partial charge in [-0.3, -0.25) is 4.79 Å². The van der Waals surface area contributed by atoms with Crippen molar-refractivity contribution in [1.82, 2.24) is 4.90 Å². The molecule has 100 valence electrons. The van der Waals surface area contributed by atoms with Crippen molar-refractivity contribution in [2.24, 2.45) is 17.6 Å². The molecule has 3 atom stereocenters. The molecule has 1 saturated carbocycles. The predicted octanol–water partition coefficient (Wildman–Crippen LogP) is 1.24. The number of rotatable bonds is 5. The molecule has 1 aliphatic carbocycles. The minimum absolute atomic E-state index is 0.144. The number of nitrogens with zero attached hydrogens (tertiary/aromatic N) is 1. The fourth-order valence-corrected chi connectivity index (χ4v) is 2.59. The highest BCUT2D eigenvalue weighted by Crippen LogP contribution is 2.29. The Balaban J connectivity index is 2.50. The zero-order valence-corrected chi connectivity index (χ0v) is 11.3. The zero-order valence-electron chi connectivity index (χ0n) is 11.3. The van der Waals surface area contributed by atoms with E-state index in [4.69, 9.17) is 10.5 Å². The van der Waals surface area contributed by atoms with E-state index in [-0.39, 0.29) is 17.9 Å². The van der Waals surface area contributed by atoms with Gasteiger partial charge < -0.3 is 15.4 Å². The Bertz CT molecular complexity index is 246. The van der Waals surface area contributed by atoms with Crippen LogP contribution in [0.1, 0.15) is 32.6 Å². The van der Waals surface area contributed by atoms with E-state index in [9.17, 15) is 4.79 Å². The van der Waals surface area contributed by atoms with Gasteiger partial charge in [-0.15, -0.1) is 0 Å². The lowest BCUT2D eigenvalue weighted by Gasteiger charge is -2.33. The summed E-state index contributed by atoms with van der Waals surface area (Å²) < 4.78 is 5.09. The predicted molar refractivity (Wildman–Crippen MR) is 68.6 cm³/mol. The van der Waals surface area contributed by atoms with Gasteiger partial charge in [0.2, 0.25) is 5.91 Å². The Labute approximate surface area is 104 Å². The van der Waals surface area contributed by atoms with Crippen molar-refractivity contribution in [2.45, 2.75) is 38.6 Å². The highest BCUT2D eigenvalue weighted by Gasteiger charge is 2.29. The van der Waals surface area contributed by atoms with Gasteiger partial charge in [0.15, 0.2) is 0 Å². The third kappa shape index (κ3) is 3.96. The van der Waals surface area contributed by atoms with Crippen molar-refractivity contribution in [3.8, 4) is 0 Å². The van der Waals surface area contributed by atoms with Gasteiger partial charge in [0.05, 0.1) is 12.6 Å². The van der Waals surface area contributed by atoms with Crippen LogP contribution in [0.15, 0.2) is 0 Å². The van der Waals surface area contributed by atoms with E-state index in [1.807, 2.05) is 18.9 Å². The van der Waals surface area contributed by atoms with Gasteiger partial charge >= 0.3 is 0 Å². The van der Waals surface area contributed by atoms with E-state index in [1.54, 1.807) is 7.11 Å². The average Bonchev–Trinajstić information content (AvgIpc) is 2.37. The zero-order chi connectivity index (χ0) is 12.8. The maximum atomic E-state index is 12.3. The van der Waals surface area contributed by atoms with Gasteiger partial charge in [-0.25, -0.2) is 0 Å². The van der Waals surface area contributed by atoms with Crippen LogP contribution in [-0.2, 0) is 9.53 Å². The van der Waals surface area contributed by atoms with E-state index < -0.39 is 0 Å². The first-order chi connectivity index (χ1) is 8.10. The van der Waals surface area contributed by atoms with Gasteiger partial charge in [-0.05, 0) is 38.6 Å². The second-order valence-electron chi connectivity index (χ2n) is 5.22. The van der Waals surface area contributed by atoms with Crippen LogP contribution in [0.5, 0.6) is 0 Å². The lowest BCUT2D eigenvalue weighted by atomic mass is 9.80. The summed E-state index contributed by atoms with van der Waals surface area (Å²) in [5, 5.41) is 0. The van der Waals surface area contributed by atoms with Crippen LogP contribution < -0.4 is 5.73 Å². The molecule has 1 fully saturated rings. The third-order valence-corrected chi connectivity index (χ3v) is 3.88. The normalized spacial score (nSPS) is 26.6. The van der Waals surface area contributed by atoms with Crippen LogP contribution in [0.2, 0.25) is 0 Å². The molecule has 0 bridgehead atoms. The molecule has 1 rings (SSSR count). The van der Waals surface area contributed by atoms with Gasteiger partial charge in [0.25, 0.3) is 0 Å². The molecule has 0 radical (unpaired) electrons. The van der Waals surface area contributed by atoms with Crippen LogP contribution in [0, 0.1) is 11.8 Å². The van der Waals surface area contributed by atoms with Crippen molar-refractivity contribution < 1.29 is 9.53 Å². The topological polar surface area (TPSA) is 55.6 Å². The number of hydrogen-bond acceptors (Lipinski definition) is 3. The summed E-state index contributed by atoms with van der Waals surface area (Å²) in [6.07, 6.45) is 4.28. The molecule has 0 spiro atoms. The Morgan fingerprint density at radius 3 is 2.82 bits per heavy atom. The minimum atomic E-state index is 0.144. The lowest BCUT2D eigenvalue weighted by Crippen LogP contribution is -2.43. The first-order valence-electron chi connectivity index (χ1n) is 6.55. The molecule has 0 aromatic rings. The molecule has 0 aromatic heterocycles. The number of likely N-dealkylation sites (N-methyl/N-ethyl adjacent to an activating group) is 1. The van der Waals surface area contributed by atoms with Crippen molar-refractivity contribution in [3.63, 3.8) is 0 Å². The molecule has 1 aliphatic rings. The Morgan fingerprint density at radius 1 is 1.53 bits per heavy atom.